The van der Waals surface area contributed by atoms with Crippen molar-refractivity contribution < 1.29 is 14.7 Å². The molecule has 0 aliphatic heterocycles. The Hall–Kier alpha value is -2.14. The van der Waals surface area contributed by atoms with Crippen LogP contribution in [-0.4, -0.2) is 22.7 Å². The van der Waals surface area contributed by atoms with Gasteiger partial charge in [-0.15, -0.1) is 0 Å². The van der Waals surface area contributed by atoms with Crippen LogP contribution in [0.1, 0.15) is 18.5 Å². The normalized spacial score (nSPS) is 10.4. The average molecular weight is 260 g/mol. The molecule has 2 rings (SSSR count). The molecule has 0 bridgehead atoms. The Balaban J connectivity index is 2.04. The molecule has 0 atom stereocenters. The summed E-state index contributed by atoms with van der Waals surface area (Å²) in [5.74, 6) is 0.307. The van der Waals surface area contributed by atoms with Gasteiger partial charge in [-0.25, -0.2) is 10.5 Å². The monoisotopic (exact) mass is 260 g/mol. The molecule has 0 saturated carbocycles. The van der Waals surface area contributed by atoms with Crippen molar-refractivity contribution in [2.75, 3.05) is 6.61 Å². The van der Waals surface area contributed by atoms with Gasteiger partial charge < -0.3 is 4.74 Å². The Morgan fingerprint density at radius 3 is 3.00 bits per heavy atom. The molecule has 0 aliphatic carbocycles. The summed E-state index contributed by atoms with van der Waals surface area (Å²) in [5, 5.41) is 9.40. The van der Waals surface area contributed by atoms with Crippen molar-refractivity contribution in [2.24, 2.45) is 0 Å². The van der Waals surface area contributed by atoms with Crippen LogP contribution in [0.15, 0.2) is 30.3 Å². The molecule has 19 heavy (non-hydrogen) atoms. The van der Waals surface area contributed by atoms with E-state index in [1.54, 1.807) is 5.48 Å². The van der Waals surface area contributed by atoms with E-state index >= 15 is 0 Å². The van der Waals surface area contributed by atoms with Gasteiger partial charge in [0.05, 0.1) is 6.61 Å². The van der Waals surface area contributed by atoms with E-state index in [4.69, 9.17) is 9.94 Å². The predicted molar refractivity (Wildman–Crippen MR) is 71.1 cm³/mol. The zero-order valence-corrected chi connectivity index (χ0v) is 10.7. The maximum atomic E-state index is 10.9. The standard InChI is InChI=1S/C14H16N2O3/c1-10-7-8-11-4-2-5-12(14(11)15-10)19-9-3-6-13(17)16-18/h2,4-5,7-8,18H,3,6,9H2,1H3,(H,16,17). The summed E-state index contributed by atoms with van der Waals surface area (Å²) in [5.41, 5.74) is 3.36. The number of carbonyl (C=O) groups excluding carboxylic acids is 1. The molecule has 0 saturated heterocycles. The second kappa shape index (κ2) is 6.15. The maximum absolute atomic E-state index is 10.9. The van der Waals surface area contributed by atoms with Crippen molar-refractivity contribution in [1.29, 1.82) is 0 Å². The lowest BCUT2D eigenvalue weighted by molar-refractivity contribution is -0.129. The molecule has 1 heterocycles. The third-order valence-electron chi connectivity index (χ3n) is 2.75. The van der Waals surface area contributed by atoms with Crippen LogP contribution >= 0.6 is 0 Å². The minimum atomic E-state index is -0.407. The highest BCUT2D eigenvalue weighted by molar-refractivity contribution is 5.84. The van der Waals surface area contributed by atoms with Crippen molar-refractivity contribution in [3.05, 3.63) is 36.0 Å². The van der Waals surface area contributed by atoms with Crippen LogP contribution in [0, 0.1) is 6.92 Å². The fourth-order valence-corrected chi connectivity index (χ4v) is 1.80. The number of nitrogens with zero attached hydrogens (tertiary/aromatic N) is 1. The summed E-state index contributed by atoms with van der Waals surface area (Å²) >= 11 is 0. The minimum Gasteiger partial charge on any atom is -0.491 e. The number of hydrogen-bond donors (Lipinski definition) is 2. The average Bonchev–Trinajstić information content (AvgIpc) is 2.43. The number of carbonyl (C=O) groups is 1. The summed E-state index contributed by atoms with van der Waals surface area (Å²) in [6.07, 6.45) is 0.766. The van der Waals surface area contributed by atoms with E-state index in [2.05, 4.69) is 4.98 Å². The molecule has 1 amide bonds. The SMILES string of the molecule is Cc1ccc2cccc(OCCCC(=O)NO)c2n1. The van der Waals surface area contributed by atoms with Gasteiger partial charge in [0.2, 0.25) is 5.91 Å². The molecule has 5 heteroatoms. The highest BCUT2D eigenvalue weighted by Crippen LogP contribution is 2.24. The number of aryl methyl sites for hydroxylation is 1. The summed E-state index contributed by atoms with van der Waals surface area (Å²) < 4.78 is 5.65. The highest BCUT2D eigenvalue weighted by atomic mass is 16.5. The molecule has 2 N–H and O–H groups in total. The lowest BCUT2D eigenvalue weighted by Gasteiger charge is -2.08. The number of para-hydroxylation sites is 1. The number of aromatic nitrogens is 1. The fourth-order valence-electron chi connectivity index (χ4n) is 1.80. The number of rotatable bonds is 5. The maximum Gasteiger partial charge on any atom is 0.243 e. The van der Waals surface area contributed by atoms with Gasteiger partial charge in [0, 0.05) is 17.5 Å². The largest absolute Gasteiger partial charge is 0.491 e. The Morgan fingerprint density at radius 1 is 1.37 bits per heavy atom. The van der Waals surface area contributed by atoms with Crippen LogP contribution in [-0.2, 0) is 4.79 Å². The molecule has 5 nitrogen and oxygen atoms in total. The van der Waals surface area contributed by atoms with Crippen LogP contribution < -0.4 is 10.2 Å². The summed E-state index contributed by atoms with van der Waals surface area (Å²) in [6, 6.07) is 9.71. The zero-order chi connectivity index (χ0) is 13.7. The zero-order valence-electron chi connectivity index (χ0n) is 10.7. The number of amides is 1. The van der Waals surface area contributed by atoms with Gasteiger partial charge in [0.1, 0.15) is 11.3 Å². The fraction of sp³-hybridized carbons (Fsp3) is 0.286. The summed E-state index contributed by atoms with van der Waals surface area (Å²) in [7, 11) is 0. The van der Waals surface area contributed by atoms with Gasteiger partial charge in [-0.2, -0.15) is 0 Å². The number of ether oxygens (including phenoxy) is 1. The number of hydroxylamine groups is 1. The molecule has 0 aliphatic rings. The van der Waals surface area contributed by atoms with Crippen molar-refractivity contribution in [3.63, 3.8) is 0 Å². The molecule has 0 radical (unpaired) electrons. The molecule has 0 unspecified atom stereocenters. The van der Waals surface area contributed by atoms with E-state index in [1.165, 1.54) is 0 Å². The molecule has 2 aromatic rings. The van der Waals surface area contributed by atoms with Crippen molar-refractivity contribution >= 4 is 16.8 Å². The Morgan fingerprint density at radius 2 is 2.21 bits per heavy atom. The predicted octanol–water partition coefficient (Wildman–Crippen LogP) is 2.21. The number of benzene rings is 1. The lowest BCUT2D eigenvalue weighted by atomic mass is 10.2. The van der Waals surface area contributed by atoms with Crippen LogP contribution in [0.25, 0.3) is 10.9 Å². The molecule has 100 valence electrons. The van der Waals surface area contributed by atoms with Crippen LogP contribution in [0.2, 0.25) is 0 Å². The van der Waals surface area contributed by atoms with Gasteiger partial charge in [-0.05, 0) is 25.5 Å². The number of hydrogen-bond acceptors (Lipinski definition) is 4. The smallest absolute Gasteiger partial charge is 0.243 e. The number of pyridine rings is 1. The first-order valence-corrected chi connectivity index (χ1v) is 6.13. The van der Waals surface area contributed by atoms with Gasteiger partial charge in [-0.1, -0.05) is 18.2 Å². The van der Waals surface area contributed by atoms with E-state index in [0.29, 0.717) is 18.8 Å². The van der Waals surface area contributed by atoms with Crippen molar-refractivity contribution in [3.8, 4) is 5.75 Å². The molecular weight excluding hydrogens is 244 g/mol. The van der Waals surface area contributed by atoms with Gasteiger partial charge >= 0.3 is 0 Å². The molecular formula is C14H16N2O3. The van der Waals surface area contributed by atoms with E-state index in [0.717, 1.165) is 16.6 Å². The van der Waals surface area contributed by atoms with E-state index in [-0.39, 0.29) is 6.42 Å². The highest BCUT2D eigenvalue weighted by Gasteiger charge is 2.04. The van der Waals surface area contributed by atoms with Crippen molar-refractivity contribution in [2.45, 2.75) is 19.8 Å². The Bertz CT molecular complexity index is 584. The lowest BCUT2D eigenvalue weighted by Crippen LogP contribution is -2.18. The van der Waals surface area contributed by atoms with Gasteiger partial charge in [-0.3, -0.25) is 10.0 Å². The number of nitrogens with one attached hydrogen (secondary N) is 1. The second-order valence-corrected chi connectivity index (χ2v) is 4.27. The topological polar surface area (TPSA) is 71.5 Å². The molecule has 1 aromatic heterocycles. The van der Waals surface area contributed by atoms with Crippen LogP contribution in [0.3, 0.4) is 0 Å². The first-order chi connectivity index (χ1) is 9.20. The second-order valence-electron chi connectivity index (χ2n) is 4.27. The minimum absolute atomic E-state index is 0.230. The van der Waals surface area contributed by atoms with Gasteiger partial charge in [0.25, 0.3) is 0 Å². The third-order valence-corrected chi connectivity index (χ3v) is 2.75. The molecule has 0 spiro atoms. The molecule has 1 aromatic carbocycles. The van der Waals surface area contributed by atoms with Gasteiger partial charge in [0.15, 0.2) is 0 Å². The summed E-state index contributed by atoms with van der Waals surface area (Å²) in [6.45, 7) is 2.34. The molecule has 0 fully saturated rings. The van der Waals surface area contributed by atoms with E-state index in [9.17, 15) is 4.79 Å². The Kier molecular flexibility index (Phi) is 4.30. The first-order valence-electron chi connectivity index (χ1n) is 6.13. The number of fused-ring (bicyclic) bond motifs is 1. The van der Waals surface area contributed by atoms with E-state index < -0.39 is 5.91 Å². The van der Waals surface area contributed by atoms with Crippen LogP contribution in [0.5, 0.6) is 5.75 Å². The van der Waals surface area contributed by atoms with Crippen LogP contribution in [0.4, 0.5) is 0 Å². The Labute approximate surface area is 111 Å². The third kappa shape index (κ3) is 3.42. The quantitative estimate of drug-likeness (QED) is 0.491. The first kappa shape index (κ1) is 13.3. The summed E-state index contributed by atoms with van der Waals surface area (Å²) in [4.78, 5) is 15.3. The van der Waals surface area contributed by atoms with E-state index in [1.807, 2.05) is 37.3 Å². The van der Waals surface area contributed by atoms with Crippen molar-refractivity contribution in [1.82, 2.24) is 10.5 Å².